The van der Waals surface area contributed by atoms with Crippen molar-refractivity contribution in [2.75, 3.05) is 32.1 Å². The van der Waals surface area contributed by atoms with Crippen molar-refractivity contribution in [3.63, 3.8) is 0 Å². The molecular weight excluding hydrogens is 452 g/mol. The molecule has 0 aromatic heterocycles. The first kappa shape index (κ1) is 26.2. The number of aliphatic carboxylic acids is 1. The monoisotopic (exact) mass is 486 g/mol. The van der Waals surface area contributed by atoms with E-state index in [1.807, 2.05) is 45.0 Å². The van der Waals surface area contributed by atoms with Crippen LogP contribution in [0.1, 0.15) is 49.9 Å². The molecule has 1 unspecified atom stereocenters. The van der Waals surface area contributed by atoms with Gasteiger partial charge in [-0.05, 0) is 43.0 Å². The van der Waals surface area contributed by atoms with Gasteiger partial charge in [-0.3, -0.25) is 24.0 Å². The minimum atomic E-state index is -1.08. The van der Waals surface area contributed by atoms with Crippen molar-refractivity contribution in [1.29, 1.82) is 0 Å². The number of carbonyl (C=O) groups is 5. The lowest BCUT2D eigenvalue weighted by Crippen LogP contribution is -2.53. The molecule has 2 aliphatic heterocycles. The lowest BCUT2D eigenvalue weighted by Gasteiger charge is -2.29. The number of carboxylic acids is 1. The van der Waals surface area contributed by atoms with Crippen LogP contribution in [0.5, 0.6) is 0 Å². The Bertz CT molecular complexity index is 990. The summed E-state index contributed by atoms with van der Waals surface area (Å²) in [6, 6.07) is 5.03. The maximum atomic E-state index is 13.5. The summed E-state index contributed by atoms with van der Waals surface area (Å²) in [7, 11) is 3.81. The third kappa shape index (κ3) is 5.98. The predicted molar refractivity (Wildman–Crippen MR) is 129 cm³/mol. The molecule has 0 aliphatic carbocycles. The fourth-order valence-electron chi connectivity index (χ4n) is 4.79. The van der Waals surface area contributed by atoms with Crippen molar-refractivity contribution in [1.82, 2.24) is 15.1 Å². The number of benzene rings is 1. The summed E-state index contributed by atoms with van der Waals surface area (Å²) in [6.07, 6.45) is 0.360. The van der Waals surface area contributed by atoms with Crippen LogP contribution in [0.3, 0.4) is 0 Å². The van der Waals surface area contributed by atoms with E-state index in [1.54, 1.807) is 12.1 Å². The molecule has 1 aromatic carbocycles. The van der Waals surface area contributed by atoms with E-state index in [1.165, 1.54) is 9.80 Å². The number of Topliss-reactive ketones (excluding diaryl/α,β-unsaturated/α-hetero) is 1. The van der Waals surface area contributed by atoms with Gasteiger partial charge in [0.15, 0.2) is 5.78 Å². The number of fused-ring (bicyclic) bond motifs is 1. The van der Waals surface area contributed by atoms with E-state index in [0.717, 1.165) is 5.69 Å². The van der Waals surface area contributed by atoms with Crippen LogP contribution in [0.25, 0.3) is 0 Å². The van der Waals surface area contributed by atoms with E-state index < -0.39 is 30.0 Å². The second kappa shape index (κ2) is 10.9. The maximum Gasteiger partial charge on any atom is 0.303 e. The highest BCUT2D eigenvalue weighted by Gasteiger charge is 2.52. The normalized spacial score (nSPS) is 20.1. The average molecular weight is 487 g/mol. The van der Waals surface area contributed by atoms with Crippen LogP contribution in [0.4, 0.5) is 5.69 Å². The van der Waals surface area contributed by atoms with E-state index in [2.05, 4.69) is 5.32 Å². The number of carbonyl (C=O) groups excluding carboxylic acids is 4. The summed E-state index contributed by atoms with van der Waals surface area (Å²) in [5, 5.41) is 11.7. The standard InChI is InChI=1S/C25H34N4O6/c1-15(2)13-18(26-24(34)16-5-7-17(8-6-16)27(3)4)25(35)28-12-11-19-23(28)20(30)14-29(19)21(31)9-10-22(32)33/h5-8,15,18-19,23H,9-14H2,1-4H3,(H,26,34)(H,32,33)/t18-,19+,23?/m0/s1. The Hall–Kier alpha value is -3.43. The topological polar surface area (TPSA) is 127 Å². The third-order valence-electron chi connectivity index (χ3n) is 6.53. The first-order valence-corrected chi connectivity index (χ1v) is 11.9. The molecule has 190 valence electrons. The molecule has 1 aromatic rings. The number of likely N-dealkylation sites (tertiary alicyclic amines) is 2. The first-order valence-electron chi connectivity index (χ1n) is 11.9. The van der Waals surface area contributed by atoms with Crippen molar-refractivity contribution >= 4 is 35.2 Å². The summed E-state index contributed by atoms with van der Waals surface area (Å²) in [4.78, 5) is 67.4. The largest absolute Gasteiger partial charge is 0.481 e. The number of rotatable bonds is 9. The van der Waals surface area contributed by atoms with Gasteiger partial charge in [-0.1, -0.05) is 13.8 Å². The third-order valence-corrected chi connectivity index (χ3v) is 6.53. The summed E-state index contributed by atoms with van der Waals surface area (Å²) in [5.41, 5.74) is 1.38. The highest BCUT2D eigenvalue weighted by molar-refractivity contribution is 6.01. The number of carboxylic acid groups (broad SMARTS) is 1. The van der Waals surface area contributed by atoms with Crippen LogP contribution in [0, 0.1) is 5.92 Å². The van der Waals surface area contributed by atoms with Gasteiger partial charge in [0.1, 0.15) is 12.1 Å². The Morgan fingerprint density at radius 2 is 1.74 bits per heavy atom. The molecule has 0 saturated carbocycles. The fraction of sp³-hybridized carbons (Fsp3) is 0.560. The summed E-state index contributed by atoms with van der Waals surface area (Å²) >= 11 is 0. The Kier molecular flexibility index (Phi) is 8.14. The molecule has 35 heavy (non-hydrogen) atoms. The quantitative estimate of drug-likeness (QED) is 0.536. The summed E-state index contributed by atoms with van der Waals surface area (Å²) in [6.45, 7) is 4.07. The highest BCUT2D eigenvalue weighted by Crippen LogP contribution is 2.31. The Balaban J connectivity index is 1.73. The molecule has 2 N–H and O–H groups in total. The predicted octanol–water partition coefficient (Wildman–Crippen LogP) is 1.14. The molecular formula is C25H34N4O6. The minimum absolute atomic E-state index is 0.118. The Labute approximate surface area is 205 Å². The fourth-order valence-corrected chi connectivity index (χ4v) is 4.79. The molecule has 3 rings (SSSR count). The van der Waals surface area contributed by atoms with Crippen molar-refractivity contribution in [3.05, 3.63) is 29.8 Å². The van der Waals surface area contributed by atoms with Gasteiger partial charge >= 0.3 is 5.97 Å². The van der Waals surface area contributed by atoms with Crippen molar-refractivity contribution in [3.8, 4) is 0 Å². The SMILES string of the molecule is CC(C)C[C@H](NC(=O)c1ccc(N(C)C)cc1)C(=O)N1CC[C@@H]2C1C(=O)CN2C(=O)CCC(=O)O. The van der Waals surface area contributed by atoms with Gasteiger partial charge in [-0.15, -0.1) is 0 Å². The number of nitrogens with one attached hydrogen (secondary N) is 1. The minimum Gasteiger partial charge on any atom is -0.481 e. The highest BCUT2D eigenvalue weighted by atomic mass is 16.4. The van der Waals surface area contributed by atoms with Gasteiger partial charge in [0.05, 0.1) is 19.0 Å². The molecule has 0 spiro atoms. The number of hydrogen-bond acceptors (Lipinski definition) is 6. The van der Waals surface area contributed by atoms with Gasteiger partial charge in [-0.2, -0.15) is 0 Å². The molecule has 2 aliphatic rings. The van der Waals surface area contributed by atoms with Crippen molar-refractivity contribution in [2.24, 2.45) is 5.92 Å². The lowest BCUT2D eigenvalue weighted by atomic mass is 10.0. The molecule has 2 saturated heterocycles. The number of hydrogen-bond donors (Lipinski definition) is 2. The lowest BCUT2D eigenvalue weighted by molar-refractivity contribution is -0.141. The Morgan fingerprint density at radius 3 is 2.31 bits per heavy atom. The van der Waals surface area contributed by atoms with Gasteiger partial charge in [0.2, 0.25) is 11.8 Å². The maximum absolute atomic E-state index is 13.5. The molecule has 3 atom stereocenters. The number of anilines is 1. The number of nitrogens with zero attached hydrogens (tertiary/aromatic N) is 3. The zero-order valence-corrected chi connectivity index (χ0v) is 20.7. The smallest absolute Gasteiger partial charge is 0.303 e. The van der Waals surface area contributed by atoms with Crippen LogP contribution in [0.15, 0.2) is 24.3 Å². The molecule has 0 radical (unpaired) electrons. The van der Waals surface area contributed by atoms with E-state index in [-0.39, 0.29) is 42.9 Å². The average Bonchev–Trinajstić information content (AvgIpc) is 3.37. The van der Waals surface area contributed by atoms with Gasteiger partial charge < -0.3 is 25.1 Å². The summed E-state index contributed by atoms with van der Waals surface area (Å²) < 4.78 is 0. The van der Waals surface area contributed by atoms with Gasteiger partial charge in [-0.25, -0.2) is 0 Å². The van der Waals surface area contributed by atoms with Crippen LogP contribution in [-0.4, -0.2) is 89.7 Å². The van der Waals surface area contributed by atoms with Gasteiger partial charge in [0.25, 0.3) is 5.91 Å². The van der Waals surface area contributed by atoms with Crippen LogP contribution in [-0.2, 0) is 19.2 Å². The van der Waals surface area contributed by atoms with E-state index in [4.69, 9.17) is 5.11 Å². The van der Waals surface area contributed by atoms with Crippen LogP contribution >= 0.6 is 0 Å². The van der Waals surface area contributed by atoms with Crippen LogP contribution in [0.2, 0.25) is 0 Å². The molecule has 2 heterocycles. The second-order valence-corrected chi connectivity index (χ2v) is 9.81. The van der Waals surface area contributed by atoms with Crippen molar-refractivity contribution in [2.45, 2.75) is 57.7 Å². The molecule has 2 fully saturated rings. The summed E-state index contributed by atoms with van der Waals surface area (Å²) in [5.74, 6) is -2.29. The number of amides is 3. The van der Waals surface area contributed by atoms with E-state index in [9.17, 15) is 24.0 Å². The first-order chi connectivity index (χ1) is 16.5. The van der Waals surface area contributed by atoms with Crippen molar-refractivity contribution < 1.29 is 29.1 Å². The molecule has 10 heteroatoms. The van der Waals surface area contributed by atoms with Crippen LogP contribution < -0.4 is 10.2 Å². The molecule has 3 amide bonds. The molecule has 0 bridgehead atoms. The zero-order valence-electron chi connectivity index (χ0n) is 20.7. The van der Waals surface area contributed by atoms with E-state index >= 15 is 0 Å². The van der Waals surface area contributed by atoms with E-state index in [0.29, 0.717) is 24.9 Å². The number of ketones is 1. The Morgan fingerprint density at radius 1 is 1.09 bits per heavy atom. The zero-order chi connectivity index (χ0) is 25.9. The second-order valence-electron chi connectivity index (χ2n) is 9.81. The molecule has 10 nitrogen and oxygen atoms in total. The van der Waals surface area contributed by atoms with Gasteiger partial charge in [0, 0.05) is 38.3 Å².